The van der Waals surface area contributed by atoms with Crippen molar-refractivity contribution in [3.8, 4) is 11.1 Å². The van der Waals surface area contributed by atoms with Gasteiger partial charge in [0.15, 0.2) is 0 Å². The summed E-state index contributed by atoms with van der Waals surface area (Å²) >= 11 is 0. The smallest absolute Gasteiger partial charge is 0.335 e. The molecular weight excluding hydrogens is 536 g/mol. The predicted molar refractivity (Wildman–Crippen MR) is 157 cm³/mol. The van der Waals surface area contributed by atoms with Gasteiger partial charge in [-0.1, -0.05) is 60.7 Å². The summed E-state index contributed by atoms with van der Waals surface area (Å²) in [5.41, 5.74) is 4.08. The molecule has 1 atom stereocenters. The van der Waals surface area contributed by atoms with Crippen LogP contribution < -0.4 is 5.32 Å². The third-order valence-electron chi connectivity index (χ3n) is 7.43. The van der Waals surface area contributed by atoms with Crippen molar-refractivity contribution >= 4 is 28.2 Å². The molecule has 0 aliphatic rings. The highest BCUT2D eigenvalue weighted by molar-refractivity contribution is 6.03. The van der Waals surface area contributed by atoms with E-state index in [1.165, 1.54) is 24.3 Å². The number of carbonyl (C=O) groups excluding carboxylic acids is 1. The van der Waals surface area contributed by atoms with Crippen LogP contribution in [0.2, 0.25) is 0 Å². The Morgan fingerprint density at radius 2 is 1.67 bits per heavy atom. The first kappa shape index (κ1) is 26.8. The van der Waals surface area contributed by atoms with E-state index in [9.17, 15) is 19.1 Å². The Morgan fingerprint density at radius 1 is 0.929 bits per heavy atom. The molecule has 0 aliphatic heterocycles. The second-order valence-corrected chi connectivity index (χ2v) is 10.2. The Balaban J connectivity index is 1.41. The van der Waals surface area contributed by atoms with Crippen LogP contribution in [-0.4, -0.2) is 26.4 Å². The highest BCUT2D eigenvalue weighted by atomic mass is 19.1. The Kier molecular flexibility index (Phi) is 6.96. The molecule has 0 saturated carbocycles. The van der Waals surface area contributed by atoms with E-state index in [-0.39, 0.29) is 29.5 Å². The number of hydrogen-bond donors (Lipinski definition) is 2. The van der Waals surface area contributed by atoms with Gasteiger partial charge in [0.1, 0.15) is 11.6 Å². The topological polar surface area (TPSA) is 83.7 Å². The summed E-state index contributed by atoms with van der Waals surface area (Å²) in [7, 11) is 0. The van der Waals surface area contributed by atoms with E-state index in [0.717, 1.165) is 10.9 Å². The van der Waals surface area contributed by atoms with Crippen LogP contribution in [0.5, 0.6) is 0 Å². The molecule has 208 valence electrons. The lowest BCUT2D eigenvalue weighted by atomic mass is 9.99. The van der Waals surface area contributed by atoms with Crippen molar-refractivity contribution in [3.63, 3.8) is 0 Å². The number of amides is 1. The van der Waals surface area contributed by atoms with Crippen molar-refractivity contribution in [2.75, 3.05) is 0 Å². The molecule has 42 heavy (non-hydrogen) atoms. The molecule has 0 radical (unpaired) electrons. The number of halogens is 2. The van der Waals surface area contributed by atoms with Crippen molar-refractivity contribution in [1.82, 2.24) is 14.7 Å². The molecule has 0 bridgehead atoms. The minimum Gasteiger partial charge on any atom is -0.478 e. The first-order chi connectivity index (χ1) is 20.3. The highest BCUT2D eigenvalue weighted by Crippen LogP contribution is 2.29. The van der Waals surface area contributed by atoms with Gasteiger partial charge in [0.25, 0.3) is 5.91 Å². The third kappa shape index (κ3) is 5.10. The maximum atomic E-state index is 15.5. The normalized spacial score (nSPS) is 12.0. The van der Waals surface area contributed by atoms with Gasteiger partial charge in [-0.2, -0.15) is 0 Å². The van der Waals surface area contributed by atoms with Gasteiger partial charge in [0, 0.05) is 18.0 Å². The van der Waals surface area contributed by atoms with Gasteiger partial charge in [-0.25, -0.2) is 18.6 Å². The zero-order chi connectivity index (χ0) is 29.4. The lowest BCUT2D eigenvalue weighted by Gasteiger charge is -2.17. The molecule has 4 aromatic carbocycles. The molecule has 8 heteroatoms. The standard InChI is InChI=1S/C34H25F2N3O3/c1-20(21-6-9-24(10-7-21)34(41)42)38-33(40)29-16-26(22-12-14-27(35)15-13-22)18-39-19-37-30(32(29)39)17-25-11-8-23-4-2-3-5-28(23)31(25)36/h2-16,18-20H,17H2,1H3,(H,38,40)(H,41,42)/t20-/m0/s1. The summed E-state index contributed by atoms with van der Waals surface area (Å²) in [6.45, 7) is 1.80. The zero-order valence-corrected chi connectivity index (χ0v) is 22.5. The molecule has 2 aromatic heterocycles. The van der Waals surface area contributed by atoms with Gasteiger partial charge in [-0.05, 0) is 64.9 Å². The number of aromatic nitrogens is 2. The van der Waals surface area contributed by atoms with Crippen LogP contribution in [0.15, 0.2) is 104 Å². The van der Waals surface area contributed by atoms with Crippen LogP contribution in [0.4, 0.5) is 8.78 Å². The minimum atomic E-state index is -1.03. The summed E-state index contributed by atoms with van der Waals surface area (Å²) in [5, 5.41) is 13.5. The van der Waals surface area contributed by atoms with Crippen LogP contribution in [0, 0.1) is 11.6 Å². The van der Waals surface area contributed by atoms with E-state index >= 15 is 4.39 Å². The fourth-order valence-corrected chi connectivity index (χ4v) is 5.17. The fourth-order valence-electron chi connectivity index (χ4n) is 5.17. The van der Waals surface area contributed by atoms with Gasteiger partial charge in [0.2, 0.25) is 0 Å². The van der Waals surface area contributed by atoms with Gasteiger partial charge >= 0.3 is 5.97 Å². The van der Waals surface area contributed by atoms with Crippen LogP contribution in [0.3, 0.4) is 0 Å². The second kappa shape index (κ2) is 10.9. The number of carboxylic acid groups (broad SMARTS) is 1. The largest absolute Gasteiger partial charge is 0.478 e. The number of fused-ring (bicyclic) bond motifs is 2. The average Bonchev–Trinajstić information content (AvgIpc) is 3.41. The Hall–Kier alpha value is -5.37. The first-order valence-electron chi connectivity index (χ1n) is 13.3. The maximum absolute atomic E-state index is 15.5. The van der Waals surface area contributed by atoms with Gasteiger partial charge in [-0.15, -0.1) is 0 Å². The van der Waals surface area contributed by atoms with E-state index in [0.29, 0.717) is 38.9 Å². The fraction of sp³-hybridized carbons (Fsp3) is 0.0882. The molecule has 6 rings (SSSR count). The Labute approximate surface area is 239 Å². The summed E-state index contributed by atoms with van der Waals surface area (Å²) in [4.78, 5) is 29.6. The van der Waals surface area contributed by atoms with Crippen molar-refractivity contribution in [3.05, 3.63) is 143 Å². The molecule has 0 saturated heterocycles. The third-order valence-corrected chi connectivity index (χ3v) is 7.43. The monoisotopic (exact) mass is 561 g/mol. The predicted octanol–water partition coefficient (Wildman–Crippen LogP) is 7.21. The van der Waals surface area contributed by atoms with Crippen molar-refractivity contribution in [2.24, 2.45) is 0 Å². The van der Waals surface area contributed by atoms with Gasteiger partial charge < -0.3 is 14.8 Å². The molecule has 0 spiro atoms. The van der Waals surface area contributed by atoms with Crippen molar-refractivity contribution in [1.29, 1.82) is 0 Å². The number of nitrogens with one attached hydrogen (secondary N) is 1. The number of nitrogens with zero attached hydrogens (tertiary/aromatic N) is 2. The minimum absolute atomic E-state index is 0.149. The van der Waals surface area contributed by atoms with Crippen LogP contribution in [0.1, 0.15) is 50.5 Å². The molecule has 2 N–H and O–H groups in total. The molecule has 6 nitrogen and oxygen atoms in total. The van der Waals surface area contributed by atoms with Gasteiger partial charge in [0.05, 0.1) is 34.7 Å². The number of pyridine rings is 1. The first-order valence-corrected chi connectivity index (χ1v) is 13.3. The maximum Gasteiger partial charge on any atom is 0.335 e. The molecule has 2 heterocycles. The van der Waals surface area contributed by atoms with E-state index in [1.54, 1.807) is 72.4 Å². The number of carbonyl (C=O) groups is 2. The van der Waals surface area contributed by atoms with Crippen molar-refractivity contribution in [2.45, 2.75) is 19.4 Å². The number of aromatic carboxylic acids is 1. The molecule has 0 unspecified atom stereocenters. The quantitative estimate of drug-likeness (QED) is 0.216. The zero-order valence-electron chi connectivity index (χ0n) is 22.5. The number of imidazole rings is 1. The van der Waals surface area contributed by atoms with Crippen LogP contribution in [0.25, 0.3) is 27.4 Å². The summed E-state index contributed by atoms with van der Waals surface area (Å²) in [5.74, 6) is -2.13. The number of rotatable bonds is 7. The van der Waals surface area contributed by atoms with E-state index < -0.39 is 12.0 Å². The number of hydrogen-bond acceptors (Lipinski definition) is 3. The Morgan fingerprint density at radius 3 is 2.40 bits per heavy atom. The summed E-state index contributed by atoms with van der Waals surface area (Å²) < 4.78 is 30.9. The van der Waals surface area contributed by atoms with Gasteiger partial charge in [-0.3, -0.25) is 4.79 Å². The van der Waals surface area contributed by atoms with E-state index in [4.69, 9.17) is 0 Å². The number of benzene rings is 4. The highest BCUT2D eigenvalue weighted by Gasteiger charge is 2.21. The second-order valence-electron chi connectivity index (χ2n) is 10.2. The average molecular weight is 562 g/mol. The molecule has 1 amide bonds. The SMILES string of the molecule is C[C@H](NC(=O)c1cc(-c2ccc(F)cc2)cn2cnc(Cc3ccc4ccccc4c3F)c12)c1ccc(C(=O)O)cc1. The lowest BCUT2D eigenvalue weighted by Crippen LogP contribution is -2.27. The molecule has 6 aromatic rings. The van der Waals surface area contributed by atoms with Crippen LogP contribution in [-0.2, 0) is 6.42 Å². The van der Waals surface area contributed by atoms with E-state index in [2.05, 4.69) is 10.3 Å². The number of carboxylic acids is 1. The van der Waals surface area contributed by atoms with Crippen LogP contribution >= 0.6 is 0 Å². The molecular formula is C34H25F2N3O3. The Bertz CT molecular complexity index is 1970. The molecule has 0 aliphatic carbocycles. The van der Waals surface area contributed by atoms with E-state index in [1.807, 2.05) is 18.2 Å². The lowest BCUT2D eigenvalue weighted by molar-refractivity contribution is 0.0696. The summed E-state index contributed by atoms with van der Waals surface area (Å²) in [6, 6.07) is 24.4. The van der Waals surface area contributed by atoms with Crippen molar-refractivity contribution < 1.29 is 23.5 Å². The molecule has 0 fully saturated rings. The summed E-state index contributed by atoms with van der Waals surface area (Å²) in [6.07, 6.45) is 3.55.